The monoisotopic (exact) mass is 436 g/mol. The van der Waals surface area contributed by atoms with E-state index in [2.05, 4.69) is 82.6 Å². The summed E-state index contributed by atoms with van der Waals surface area (Å²) < 4.78 is 5.63. The maximum Gasteiger partial charge on any atom is 0.191 e. The number of nitrogens with zero attached hydrogens (tertiary/aromatic N) is 4. The first-order valence-electron chi connectivity index (χ1n) is 11.8. The molecule has 0 amide bonds. The maximum atomic E-state index is 5.63. The van der Waals surface area contributed by atoms with Crippen LogP contribution in [-0.4, -0.2) is 62.4 Å². The van der Waals surface area contributed by atoms with Crippen molar-refractivity contribution in [2.45, 2.75) is 45.9 Å². The molecule has 0 saturated carbocycles. The zero-order valence-corrected chi connectivity index (χ0v) is 19.6. The summed E-state index contributed by atoms with van der Waals surface area (Å²) in [6.07, 6.45) is 3.30. The largest absolute Gasteiger partial charge is 0.375 e. The fourth-order valence-electron chi connectivity index (χ4n) is 4.28. The zero-order valence-electron chi connectivity index (χ0n) is 19.6. The van der Waals surface area contributed by atoms with E-state index in [1.54, 1.807) is 0 Å². The highest BCUT2D eigenvalue weighted by atomic mass is 16.5. The van der Waals surface area contributed by atoms with E-state index >= 15 is 0 Å². The third-order valence-corrected chi connectivity index (χ3v) is 6.07. The SMILES string of the molecule is CCNC(=NCc1ccc(N2CCOC(C)C2)nc1)NC1CCN(c2ccc(C)cc2)C1. The van der Waals surface area contributed by atoms with Gasteiger partial charge in [-0.2, -0.15) is 0 Å². The number of benzene rings is 1. The molecule has 0 radical (unpaired) electrons. The molecule has 2 aliphatic rings. The van der Waals surface area contributed by atoms with Gasteiger partial charge in [0.2, 0.25) is 0 Å². The van der Waals surface area contributed by atoms with Gasteiger partial charge in [0.05, 0.1) is 19.3 Å². The molecular weight excluding hydrogens is 400 g/mol. The third kappa shape index (κ3) is 5.91. The lowest BCUT2D eigenvalue weighted by Crippen LogP contribution is -2.44. The van der Waals surface area contributed by atoms with Crippen LogP contribution in [0.15, 0.2) is 47.6 Å². The molecule has 1 aromatic heterocycles. The minimum absolute atomic E-state index is 0.251. The van der Waals surface area contributed by atoms with Crippen LogP contribution in [0.4, 0.5) is 11.5 Å². The van der Waals surface area contributed by atoms with E-state index in [-0.39, 0.29) is 6.10 Å². The van der Waals surface area contributed by atoms with Crippen molar-refractivity contribution in [1.82, 2.24) is 15.6 Å². The minimum atomic E-state index is 0.251. The van der Waals surface area contributed by atoms with Gasteiger partial charge in [0.15, 0.2) is 5.96 Å². The van der Waals surface area contributed by atoms with Gasteiger partial charge in [-0.3, -0.25) is 0 Å². The van der Waals surface area contributed by atoms with E-state index in [0.717, 1.165) is 63.1 Å². The summed E-state index contributed by atoms with van der Waals surface area (Å²) >= 11 is 0. The van der Waals surface area contributed by atoms with E-state index in [4.69, 9.17) is 9.73 Å². The number of aryl methyl sites for hydroxylation is 1. The quantitative estimate of drug-likeness (QED) is 0.536. The normalized spacial score (nSPS) is 21.7. The van der Waals surface area contributed by atoms with Crippen LogP contribution in [-0.2, 0) is 11.3 Å². The van der Waals surface area contributed by atoms with Crippen LogP contribution in [0.5, 0.6) is 0 Å². The molecule has 2 aromatic rings. The first-order valence-corrected chi connectivity index (χ1v) is 11.8. The summed E-state index contributed by atoms with van der Waals surface area (Å²) in [5.74, 6) is 1.88. The van der Waals surface area contributed by atoms with E-state index in [0.29, 0.717) is 12.6 Å². The van der Waals surface area contributed by atoms with Crippen LogP contribution in [0.3, 0.4) is 0 Å². The van der Waals surface area contributed by atoms with Crippen LogP contribution in [0.1, 0.15) is 31.4 Å². The van der Waals surface area contributed by atoms with Crippen molar-refractivity contribution in [3.05, 3.63) is 53.7 Å². The minimum Gasteiger partial charge on any atom is -0.375 e. The highest BCUT2D eigenvalue weighted by Crippen LogP contribution is 2.21. The van der Waals surface area contributed by atoms with E-state index in [1.165, 1.54) is 11.3 Å². The van der Waals surface area contributed by atoms with Crippen molar-refractivity contribution in [3.63, 3.8) is 0 Å². The number of morpholine rings is 1. The summed E-state index contributed by atoms with van der Waals surface area (Å²) in [6.45, 7) is 12.4. The second-order valence-corrected chi connectivity index (χ2v) is 8.76. The van der Waals surface area contributed by atoms with Gasteiger partial charge in [0.1, 0.15) is 5.82 Å². The average Bonchev–Trinajstić information content (AvgIpc) is 3.27. The highest BCUT2D eigenvalue weighted by molar-refractivity contribution is 5.80. The van der Waals surface area contributed by atoms with Gasteiger partial charge in [-0.25, -0.2) is 9.98 Å². The fraction of sp³-hybridized carbons (Fsp3) is 0.520. The Morgan fingerprint density at radius 2 is 1.97 bits per heavy atom. The molecule has 2 saturated heterocycles. The smallest absolute Gasteiger partial charge is 0.191 e. The predicted octanol–water partition coefficient (Wildman–Crippen LogP) is 2.95. The number of pyridine rings is 1. The molecule has 0 bridgehead atoms. The molecule has 7 nitrogen and oxygen atoms in total. The van der Waals surface area contributed by atoms with Gasteiger partial charge in [0, 0.05) is 50.6 Å². The Bertz CT molecular complexity index is 882. The van der Waals surface area contributed by atoms with Crippen molar-refractivity contribution in [2.24, 2.45) is 4.99 Å². The molecule has 2 N–H and O–H groups in total. The van der Waals surface area contributed by atoms with Gasteiger partial charge >= 0.3 is 0 Å². The van der Waals surface area contributed by atoms with E-state index in [9.17, 15) is 0 Å². The van der Waals surface area contributed by atoms with Crippen LogP contribution in [0, 0.1) is 6.92 Å². The topological polar surface area (TPSA) is 65.0 Å². The Labute approximate surface area is 191 Å². The second-order valence-electron chi connectivity index (χ2n) is 8.76. The van der Waals surface area contributed by atoms with Crippen LogP contribution < -0.4 is 20.4 Å². The number of aliphatic imine (C=N–C) groups is 1. The van der Waals surface area contributed by atoms with Gasteiger partial charge < -0.3 is 25.2 Å². The molecule has 7 heteroatoms. The Morgan fingerprint density at radius 1 is 1.12 bits per heavy atom. The Kier molecular flexibility index (Phi) is 7.47. The number of anilines is 2. The summed E-state index contributed by atoms with van der Waals surface area (Å²) in [4.78, 5) is 14.2. The van der Waals surface area contributed by atoms with E-state index in [1.807, 2.05) is 6.20 Å². The van der Waals surface area contributed by atoms with Gasteiger partial charge in [-0.05, 0) is 51.0 Å². The molecule has 2 fully saturated rings. The average molecular weight is 437 g/mol. The lowest BCUT2D eigenvalue weighted by Gasteiger charge is -2.32. The van der Waals surface area contributed by atoms with Crippen LogP contribution in [0.2, 0.25) is 0 Å². The molecule has 172 valence electrons. The molecular formula is C25H36N6O. The maximum absolute atomic E-state index is 5.63. The predicted molar refractivity (Wildman–Crippen MR) is 132 cm³/mol. The molecule has 0 aliphatic carbocycles. The zero-order chi connectivity index (χ0) is 22.3. The lowest BCUT2D eigenvalue weighted by molar-refractivity contribution is 0.0529. The lowest BCUT2D eigenvalue weighted by atomic mass is 10.2. The Morgan fingerprint density at radius 3 is 2.69 bits per heavy atom. The summed E-state index contributed by atoms with van der Waals surface area (Å²) in [5, 5.41) is 7.01. The summed E-state index contributed by atoms with van der Waals surface area (Å²) in [6, 6.07) is 13.4. The van der Waals surface area contributed by atoms with Crippen molar-refractivity contribution in [1.29, 1.82) is 0 Å². The van der Waals surface area contributed by atoms with E-state index < -0.39 is 0 Å². The summed E-state index contributed by atoms with van der Waals surface area (Å²) in [7, 11) is 0. The highest BCUT2D eigenvalue weighted by Gasteiger charge is 2.23. The number of rotatable bonds is 6. The van der Waals surface area contributed by atoms with Crippen molar-refractivity contribution < 1.29 is 4.74 Å². The second kappa shape index (κ2) is 10.7. The van der Waals surface area contributed by atoms with Crippen molar-refractivity contribution in [3.8, 4) is 0 Å². The van der Waals surface area contributed by atoms with Crippen LogP contribution in [0.25, 0.3) is 0 Å². The molecule has 1 aromatic carbocycles. The van der Waals surface area contributed by atoms with Crippen molar-refractivity contribution in [2.75, 3.05) is 49.1 Å². The molecule has 3 heterocycles. The van der Waals surface area contributed by atoms with Gasteiger partial charge in [-0.15, -0.1) is 0 Å². The van der Waals surface area contributed by atoms with Crippen LogP contribution >= 0.6 is 0 Å². The first kappa shape index (κ1) is 22.4. The number of aromatic nitrogens is 1. The van der Waals surface area contributed by atoms with Gasteiger partial charge in [0.25, 0.3) is 0 Å². The molecule has 2 atom stereocenters. The standard InChI is InChI=1S/C25H36N6O/c1-4-26-25(29-22-11-12-30(18-22)23-8-5-19(2)6-9-23)28-16-21-7-10-24(27-15-21)31-13-14-32-20(3)17-31/h5-10,15,20,22H,4,11-14,16-18H2,1-3H3,(H2,26,28,29). The molecule has 32 heavy (non-hydrogen) atoms. The number of hydrogen-bond acceptors (Lipinski definition) is 5. The van der Waals surface area contributed by atoms with Gasteiger partial charge in [-0.1, -0.05) is 23.8 Å². The molecule has 2 unspecified atom stereocenters. The van der Waals surface area contributed by atoms with Crippen molar-refractivity contribution >= 4 is 17.5 Å². The molecule has 2 aliphatic heterocycles. The third-order valence-electron chi connectivity index (χ3n) is 6.07. The molecule has 0 spiro atoms. The first-order chi connectivity index (χ1) is 15.6. The Balaban J connectivity index is 1.32. The fourth-order valence-corrected chi connectivity index (χ4v) is 4.28. The Hall–Kier alpha value is -2.80. The number of nitrogens with one attached hydrogen (secondary N) is 2. The molecule has 4 rings (SSSR count). The summed E-state index contributed by atoms with van der Waals surface area (Å²) in [5.41, 5.74) is 3.70. The number of guanidine groups is 1. The number of hydrogen-bond donors (Lipinski definition) is 2. The number of ether oxygens (including phenoxy) is 1.